The number of anilines is 3. The summed E-state index contributed by atoms with van der Waals surface area (Å²) >= 11 is 2.81. The Morgan fingerprint density at radius 1 is 0.771 bits per heavy atom. The van der Waals surface area contributed by atoms with Crippen LogP contribution < -0.4 is 4.90 Å². The number of allylic oxidation sites excluding steroid dienone is 1. The summed E-state index contributed by atoms with van der Waals surface area (Å²) in [5.74, 6) is 0. The zero-order valence-corrected chi connectivity index (χ0v) is 20.7. The molecule has 0 unspecified atom stereocenters. The molecule has 7 heteroatoms. The van der Waals surface area contributed by atoms with Crippen molar-refractivity contribution in [3.05, 3.63) is 95.1 Å². The lowest BCUT2D eigenvalue weighted by molar-refractivity contribution is 1.29. The van der Waals surface area contributed by atoms with Crippen LogP contribution in [0.25, 0.3) is 27.6 Å². The van der Waals surface area contributed by atoms with E-state index in [1.54, 1.807) is 17.4 Å². The first-order valence-corrected chi connectivity index (χ1v) is 12.4. The van der Waals surface area contributed by atoms with E-state index in [0.717, 1.165) is 44.1 Å². The van der Waals surface area contributed by atoms with Gasteiger partial charge in [0.05, 0.1) is 11.7 Å². The number of hydrogen-bond donors (Lipinski definition) is 0. The normalized spacial score (nSPS) is 10.5. The molecule has 2 aromatic heterocycles. The Morgan fingerprint density at radius 3 is 1.97 bits per heavy atom. The Labute approximate surface area is 211 Å². The van der Waals surface area contributed by atoms with E-state index in [9.17, 15) is 0 Å². The van der Waals surface area contributed by atoms with Crippen molar-refractivity contribution in [3.63, 3.8) is 0 Å². The molecule has 0 aliphatic carbocycles. The van der Waals surface area contributed by atoms with Crippen LogP contribution in [-0.2, 0) is 0 Å². The van der Waals surface area contributed by atoms with Crippen molar-refractivity contribution in [3.8, 4) is 22.6 Å². The van der Waals surface area contributed by atoms with Crippen LogP contribution in [0.3, 0.4) is 0 Å². The Morgan fingerprint density at radius 2 is 1.37 bits per heavy atom. The topological polar surface area (TPSA) is 76.6 Å². The van der Waals surface area contributed by atoms with Gasteiger partial charge in [0.15, 0.2) is 0 Å². The lowest BCUT2D eigenvalue weighted by atomic mass is 10.1. The Kier molecular flexibility index (Phi) is 6.12. The van der Waals surface area contributed by atoms with E-state index in [-0.39, 0.29) is 5.57 Å². The Hall–Kier alpha value is -4.30. The molecule has 0 spiro atoms. The molecule has 35 heavy (non-hydrogen) atoms. The van der Waals surface area contributed by atoms with Crippen LogP contribution in [0.2, 0.25) is 0 Å². The molecule has 0 radical (unpaired) electrons. The van der Waals surface area contributed by atoms with Gasteiger partial charge in [0.1, 0.15) is 33.7 Å². The van der Waals surface area contributed by atoms with Crippen LogP contribution in [0.5, 0.6) is 0 Å². The van der Waals surface area contributed by atoms with Crippen molar-refractivity contribution in [2.24, 2.45) is 0 Å². The van der Waals surface area contributed by atoms with Gasteiger partial charge in [-0.1, -0.05) is 47.5 Å². The Balaban J connectivity index is 1.60. The van der Waals surface area contributed by atoms with Crippen molar-refractivity contribution >= 4 is 56.6 Å². The molecule has 0 aliphatic rings. The number of aryl methyl sites for hydroxylation is 2. The maximum absolute atomic E-state index is 9.14. The molecule has 5 nitrogen and oxygen atoms in total. The molecule has 2 heterocycles. The summed E-state index contributed by atoms with van der Waals surface area (Å²) in [6.45, 7) is 4.18. The molecule has 3 aromatic carbocycles. The van der Waals surface area contributed by atoms with Crippen LogP contribution >= 0.6 is 23.1 Å². The third kappa shape index (κ3) is 4.43. The van der Waals surface area contributed by atoms with Gasteiger partial charge < -0.3 is 4.90 Å². The second-order valence-electron chi connectivity index (χ2n) is 8.09. The van der Waals surface area contributed by atoms with Gasteiger partial charge in [-0.2, -0.15) is 19.3 Å². The van der Waals surface area contributed by atoms with Gasteiger partial charge in [-0.3, -0.25) is 0 Å². The minimum absolute atomic E-state index is 0.0392. The molecule has 0 N–H and O–H groups in total. The quantitative estimate of drug-likeness (QED) is 0.234. The van der Waals surface area contributed by atoms with Gasteiger partial charge in [-0.25, -0.2) is 0 Å². The van der Waals surface area contributed by atoms with E-state index >= 15 is 0 Å². The van der Waals surface area contributed by atoms with Gasteiger partial charge >= 0.3 is 0 Å². The van der Waals surface area contributed by atoms with E-state index in [1.165, 1.54) is 11.1 Å². The van der Waals surface area contributed by atoms with Crippen LogP contribution in [0.1, 0.15) is 16.7 Å². The zero-order valence-electron chi connectivity index (χ0n) is 19.1. The number of rotatable bonds is 5. The van der Waals surface area contributed by atoms with Crippen molar-refractivity contribution in [1.29, 1.82) is 10.5 Å². The summed E-state index contributed by atoms with van der Waals surface area (Å²) in [5.41, 5.74) is 7.81. The van der Waals surface area contributed by atoms with Crippen molar-refractivity contribution in [2.45, 2.75) is 13.8 Å². The van der Waals surface area contributed by atoms with E-state index < -0.39 is 0 Å². The number of benzene rings is 3. The predicted molar refractivity (Wildman–Crippen MR) is 144 cm³/mol. The second kappa shape index (κ2) is 9.52. The molecule has 0 bridgehead atoms. The molecule has 5 rings (SSSR count). The summed E-state index contributed by atoms with van der Waals surface area (Å²) in [6.07, 6.45) is 1.56. The summed E-state index contributed by atoms with van der Waals surface area (Å²) in [6, 6.07) is 29.0. The maximum atomic E-state index is 9.14. The van der Waals surface area contributed by atoms with Crippen molar-refractivity contribution < 1.29 is 0 Å². The SMILES string of the molecule is Cc1ccc(N(c2ccc(C)cc2)c2ccc(-c3ccc(C=C(C#N)C#N)c4nsnc34)s2)cc1. The zero-order chi connectivity index (χ0) is 24.4. The first kappa shape index (κ1) is 22.5. The number of nitriles is 2. The minimum Gasteiger partial charge on any atom is -0.302 e. The molecule has 0 fully saturated rings. The first-order valence-electron chi connectivity index (χ1n) is 10.9. The summed E-state index contributed by atoms with van der Waals surface area (Å²) in [5, 5.41) is 19.4. The average molecular weight is 490 g/mol. The van der Waals surface area contributed by atoms with Gasteiger partial charge in [-0.05, 0) is 56.3 Å². The minimum atomic E-state index is 0.0392. The second-order valence-corrected chi connectivity index (χ2v) is 9.68. The van der Waals surface area contributed by atoms with Crippen LogP contribution in [0.15, 0.2) is 78.4 Å². The molecule has 0 amide bonds. The third-order valence-corrected chi connectivity index (χ3v) is 7.28. The number of hydrogen-bond acceptors (Lipinski definition) is 7. The number of thiophene rings is 1. The number of fused-ring (bicyclic) bond motifs is 1. The third-order valence-electron chi connectivity index (χ3n) is 5.65. The van der Waals surface area contributed by atoms with Gasteiger partial charge in [0.25, 0.3) is 0 Å². The molecule has 0 saturated carbocycles. The molecule has 168 valence electrons. The average Bonchev–Trinajstić information content (AvgIpc) is 3.56. The molecule has 5 aromatic rings. The molecule has 0 aliphatic heterocycles. The summed E-state index contributed by atoms with van der Waals surface area (Å²) in [7, 11) is 0. The molecule has 0 saturated heterocycles. The van der Waals surface area contributed by atoms with E-state index in [2.05, 4.69) is 88.2 Å². The van der Waals surface area contributed by atoms with Gasteiger partial charge in [-0.15, -0.1) is 11.3 Å². The fourth-order valence-corrected chi connectivity index (χ4v) is 5.48. The fraction of sp³-hybridized carbons (Fsp3) is 0.0714. The van der Waals surface area contributed by atoms with E-state index in [1.807, 2.05) is 24.3 Å². The number of aromatic nitrogens is 2. The molecule has 0 atom stereocenters. The lowest BCUT2D eigenvalue weighted by Crippen LogP contribution is -2.08. The standard InChI is InChI=1S/C28H19N5S2/c1-18-3-8-22(9-4-18)33(23-10-5-19(2)6-11-23)26-14-13-25(34-26)24-12-7-21(15-20(16-29)17-30)27-28(24)32-35-31-27/h3-15H,1-2H3. The maximum Gasteiger partial charge on any atom is 0.130 e. The highest BCUT2D eigenvalue weighted by Gasteiger charge is 2.18. The monoisotopic (exact) mass is 489 g/mol. The molecular weight excluding hydrogens is 470 g/mol. The summed E-state index contributed by atoms with van der Waals surface area (Å²) < 4.78 is 8.97. The Bertz CT molecular complexity index is 1570. The highest BCUT2D eigenvalue weighted by atomic mass is 32.1. The van der Waals surface area contributed by atoms with Crippen molar-refractivity contribution in [1.82, 2.24) is 8.75 Å². The van der Waals surface area contributed by atoms with Crippen LogP contribution in [-0.4, -0.2) is 8.75 Å². The van der Waals surface area contributed by atoms with E-state index in [0.29, 0.717) is 11.1 Å². The summed E-state index contributed by atoms with van der Waals surface area (Å²) in [4.78, 5) is 3.32. The van der Waals surface area contributed by atoms with Gasteiger partial charge in [0.2, 0.25) is 0 Å². The predicted octanol–water partition coefficient (Wildman–Crippen LogP) is 7.94. The highest BCUT2D eigenvalue weighted by Crippen LogP contribution is 2.43. The van der Waals surface area contributed by atoms with Crippen LogP contribution in [0.4, 0.5) is 16.4 Å². The van der Waals surface area contributed by atoms with Crippen LogP contribution in [0, 0.1) is 36.5 Å². The smallest absolute Gasteiger partial charge is 0.130 e. The molecular formula is C28H19N5S2. The first-order chi connectivity index (χ1) is 17.1. The number of nitrogens with zero attached hydrogens (tertiary/aromatic N) is 5. The largest absolute Gasteiger partial charge is 0.302 e. The highest BCUT2D eigenvalue weighted by molar-refractivity contribution is 7.19. The lowest BCUT2D eigenvalue weighted by Gasteiger charge is -2.24. The van der Waals surface area contributed by atoms with E-state index in [4.69, 9.17) is 10.5 Å². The fourth-order valence-electron chi connectivity index (χ4n) is 3.83. The van der Waals surface area contributed by atoms with Crippen molar-refractivity contribution in [2.75, 3.05) is 4.90 Å². The van der Waals surface area contributed by atoms with Gasteiger partial charge in [0, 0.05) is 27.4 Å².